The number of carbonyl (C=O) groups is 2. The third-order valence-electron chi connectivity index (χ3n) is 3.27. The molecule has 0 atom stereocenters. The average molecular weight is 335 g/mol. The molecule has 122 valence electrons. The summed E-state index contributed by atoms with van der Waals surface area (Å²) in [7, 11) is 0. The maximum absolute atomic E-state index is 11.8. The normalized spacial score (nSPS) is 10.4. The quantitative estimate of drug-likeness (QED) is 0.820. The van der Waals surface area contributed by atoms with E-state index in [1.807, 2.05) is 38.1 Å². The van der Waals surface area contributed by atoms with E-state index in [0.717, 1.165) is 17.0 Å². The largest absolute Gasteiger partial charge is 0.273 e. The van der Waals surface area contributed by atoms with Gasteiger partial charge in [0.05, 0.1) is 5.69 Å². The number of hydrazine groups is 1. The Labute approximate surface area is 139 Å². The van der Waals surface area contributed by atoms with E-state index in [9.17, 15) is 9.59 Å². The molecule has 0 aliphatic carbocycles. The first-order valence-electron chi connectivity index (χ1n) is 7.27. The van der Waals surface area contributed by atoms with Crippen molar-refractivity contribution >= 4 is 23.4 Å². The predicted octanol–water partition coefficient (Wildman–Crippen LogP) is 1.93. The highest BCUT2D eigenvalue weighted by Gasteiger charge is 2.08. The highest BCUT2D eigenvalue weighted by atomic mass is 35.5. The third kappa shape index (κ3) is 5.41. The van der Waals surface area contributed by atoms with Gasteiger partial charge in [-0.15, -0.1) is 0 Å². The third-order valence-corrected chi connectivity index (χ3v) is 3.50. The summed E-state index contributed by atoms with van der Waals surface area (Å²) in [6, 6.07) is 9.23. The second-order valence-electron chi connectivity index (χ2n) is 5.31. The monoisotopic (exact) mass is 334 g/mol. The summed E-state index contributed by atoms with van der Waals surface area (Å²) in [5.74, 6) is -0.584. The van der Waals surface area contributed by atoms with Gasteiger partial charge in [-0.2, -0.15) is 5.10 Å². The van der Waals surface area contributed by atoms with E-state index in [-0.39, 0.29) is 24.8 Å². The van der Waals surface area contributed by atoms with Gasteiger partial charge in [-0.05, 0) is 44.0 Å². The molecule has 0 saturated carbocycles. The number of carbonyl (C=O) groups excluding carboxylic acids is 2. The molecule has 0 radical (unpaired) electrons. The summed E-state index contributed by atoms with van der Waals surface area (Å²) in [4.78, 5) is 23.5. The fourth-order valence-corrected chi connectivity index (χ4v) is 2.38. The van der Waals surface area contributed by atoms with E-state index in [0.29, 0.717) is 11.4 Å². The van der Waals surface area contributed by atoms with Crippen molar-refractivity contribution in [2.24, 2.45) is 0 Å². The van der Waals surface area contributed by atoms with E-state index in [2.05, 4.69) is 16.0 Å². The Bertz CT molecular complexity index is 712. The highest BCUT2D eigenvalue weighted by Crippen LogP contribution is 2.11. The standard InChI is InChI=1S/C16H19ClN4O2/c1-11-8-12(2)21(20-11)10-16(23)19-18-15(22)7-6-13-4-3-5-14(17)9-13/h3-5,8-9H,6-7,10H2,1-2H3,(H,18,22)(H,19,23). The Balaban J connectivity index is 1.73. The minimum atomic E-state index is -0.327. The van der Waals surface area contributed by atoms with Gasteiger partial charge in [0, 0.05) is 17.1 Å². The van der Waals surface area contributed by atoms with E-state index in [1.54, 1.807) is 10.7 Å². The Kier molecular flexibility index (Phi) is 5.76. The summed E-state index contributed by atoms with van der Waals surface area (Å²) in [6.45, 7) is 3.80. The average Bonchev–Trinajstić information content (AvgIpc) is 2.81. The molecule has 2 aromatic rings. The number of nitrogens with one attached hydrogen (secondary N) is 2. The van der Waals surface area contributed by atoms with E-state index in [4.69, 9.17) is 11.6 Å². The van der Waals surface area contributed by atoms with Crippen molar-refractivity contribution < 1.29 is 9.59 Å². The SMILES string of the molecule is Cc1cc(C)n(CC(=O)NNC(=O)CCc2cccc(Cl)c2)n1. The van der Waals surface area contributed by atoms with Crippen LogP contribution in [0.25, 0.3) is 0 Å². The topological polar surface area (TPSA) is 76.0 Å². The lowest BCUT2D eigenvalue weighted by Gasteiger charge is -2.08. The van der Waals surface area contributed by atoms with Crippen molar-refractivity contribution in [3.05, 3.63) is 52.3 Å². The summed E-state index contributed by atoms with van der Waals surface area (Å²) in [5, 5.41) is 4.83. The van der Waals surface area contributed by atoms with Gasteiger partial charge >= 0.3 is 0 Å². The van der Waals surface area contributed by atoms with Crippen molar-refractivity contribution in [1.29, 1.82) is 0 Å². The van der Waals surface area contributed by atoms with Gasteiger partial charge < -0.3 is 0 Å². The van der Waals surface area contributed by atoms with Crippen LogP contribution in [0.15, 0.2) is 30.3 Å². The van der Waals surface area contributed by atoms with Crippen molar-refractivity contribution in [3.8, 4) is 0 Å². The number of rotatable bonds is 5. The Hall–Kier alpha value is -2.34. The molecular formula is C16H19ClN4O2. The minimum Gasteiger partial charge on any atom is -0.273 e. The first kappa shape index (κ1) is 17.0. The first-order chi connectivity index (χ1) is 10.9. The number of halogens is 1. The molecule has 0 spiro atoms. The van der Waals surface area contributed by atoms with Crippen LogP contribution in [-0.2, 0) is 22.6 Å². The van der Waals surface area contributed by atoms with Crippen molar-refractivity contribution in [2.75, 3.05) is 0 Å². The lowest BCUT2D eigenvalue weighted by Crippen LogP contribution is -2.43. The number of nitrogens with zero attached hydrogens (tertiary/aromatic N) is 2. The molecule has 2 amide bonds. The van der Waals surface area contributed by atoms with Crippen LogP contribution < -0.4 is 10.9 Å². The lowest BCUT2D eigenvalue weighted by molar-refractivity contribution is -0.129. The molecule has 2 rings (SSSR count). The summed E-state index contributed by atoms with van der Waals surface area (Å²) in [6.07, 6.45) is 0.820. The summed E-state index contributed by atoms with van der Waals surface area (Å²) in [5.41, 5.74) is 7.51. The van der Waals surface area contributed by atoms with Crippen LogP contribution in [0.3, 0.4) is 0 Å². The number of hydrogen-bond acceptors (Lipinski definition) is 3. The maximum Gasteiger partial charge on any atom is 0.260 e. The lowest BCUT2D eigenvalue weighted by atomic mass is 10.1. The molecule has 23 heavy (non-hydrogen) atoms. The van der Waals surface area contributed by atoms with Gasteiger partial charge in [-0.25, -0.2) is 0 Å². The molecule has 0 aliphatic rings. The second-order valence-corrected chi connectivity index (χ2v) is 5.75. The van der Waals surface area contributed by atoms with Gasteiger partial charge in [-0.3, -0.25) is 25.1 Å². The summed E-state index contributed by atoms with van der Waals surface area (Å²) < 4.78 is 1.59. The van der Waals surface area contributed by atoms with Crippen molar-refractivity contribution in [2.45, 2.75) is 33.2 Å². The minimum absolute atomic E-state index is 0.0637. The fraction of sp³-hybridized carbons (Fsp3) is 0.312. The molecule has 1 aromatic heterocycles. The van der Waals surface area contributed by atoms with E-state index < -0.39 is 0 Å². The zero-order chi connectivity index (χ0) is 16.8. The zero-order valence-corrected chi connectivity index (χ0v) is 13.9. The molecule has 6 nitrogen and oxygen atoms in total. The first-order valence-corrected chi connectivity index (χ1v) is 7.65. The molecule has 0 aliphatic heterocycles. The Morgan fingerprint density at radius 1 is 1.17 bits per heavy atom. The molecule has 7 heteroatoms. The predicted molar refractivity (Wildman–Crippen MR) is 87.8 cm³/mol. The van der Waals surface area contributed by atoms with E-state index >= 15 is 0 Å². The van der Waals surface area contributed by atoms with Crippen LogP contribution in [0, 0.1) is 13.8 Å². The number of benzene rings is 1. The number of amides is 2. The smallest absolute Gasteiger partial charge is 0.260 e. The number of aromatic nitrogens is 2. The Morgan fingerprint density at radius 3 is 2.57 bits per heavy atom. The molecule has 0 fully saturated rings. The molecular weight excluding hydrogens is 316 g/mol. The molecule has 0 saturated heterocycles. The van der Waals surface area contributed by atoms with Gasteiger partial charge in [0.15, 0.2) is 0 Å². The van der Waals surface area contributed by atoms with Gasteiger partial charge in [0.25, 0.3) is 5.91 Å². The fourth-order valence-electron chi connectivity index (χ4n) is 2.16. The Morgan fingerprint density at radius 2 is 1.91 bits per heavy atom. The molecule has 2 N–H and O–H groups in total. The molecule has 1 aromatic carbocycles. The summed E-state index contributed by atoms with van der Waals surface area (Å²) >= 11 is 5.89. The number of aryl methyl sites for hydroxylation is 3. The van der Waals surface area contributed by atoms with Crippen molar-refractivity contribution in [3.63, 3.8) is 0 Å². The van der Waals surface area contributed by atoms with Crippen molar-refractivity contribution in [1.82, 2.24) is 20.6 Å². The molecule has 0 unspecified atom stereocenters. The second kappa shape index (κ2) is 7.78. The molecule has 1 heterocycles. The van der Waals surface area contributed by atoms with Crippen LogP contribution in [0.2, 0.25) is 5.02 Å². The van der Waals surface area contributed by atoms with Crippen LogP contribution in [0.1, 0.15) is 23.4 Å². The number of hydrogen-bond donors (Lipinski definition) is 2. The van der Waals surface area contributed by atoms with Crippen LogP contribution in [-0.4, -0.2) is 21.6 Å². The van der Waals surface area contributed by atoms with Gasteiger partial charge in [0.2, 0.25) is 5.91 Å². The van der Waals surface area contributed by atoms with Crippen LogP contribution >= 0.6 is 11.6 Å². The van der Waals surface area contributed by atoms with Gasteiger partial charge in [0.1, 0.15) is 6.54 Å². The molecule has 0 bridgehead atoms. The van der Waals surface area contributed by atoms with Crippen LogP contribution in [0.4, 0.5) is 0 Å². The van der Waals surface area contributed by atoms with E-state index in [1.165, 1.54) is 0 Å². The zero-order valence-electron chi connectivity index (χ0n) is 13.1. The van der Waals surface area contributed by atoms with Gasteiger partial charge in [-0.1, -0.05) is 23.7 Å². The highest BCUT2D eigenvalue weighted by molar-refractivity contribution is 6.30. The maximum atomic E-state index is 11.8. The van der Waals surface area contributed by atoms with Crippen LogP contribution in [0.5, 0.6) is 0 Å².